The van der Waals surface area contributed by atoms with E-state index in [0.717, 1.165) is 11.4 Å². The lowest BCUT2D eigenvalue weighted by atomic mass is 10.3. The van der Waals surface area contributed by atoms with Crippen LogP contribution in [0, 0.1) is 5.82 Å². The first kappa shape index (κ1) is 14.1. The molecule has 0 aliphatic heterocycles. The molecule has 5 nitrogen and oxygen atoms in total. The van der Waals surface area contributed by atoms with Gasteiger partial charge in [0.25, 0.3) is 5.89 Å². The zero-order valence-electron chi connectivity index (χ0n) is 11.7. The lowest BCUT2D eigenvalue weighted by molar-refractivity contribution is 0.259. The molecule has 1 heterocycles. The molecule has 0 saturated carbocycles. The van der Waals surface area contributed by atoms with Crippen LogP contribution in [-0.4, -0.2) is 10.2 Å². The van der Waals surface area contributed by atoms with Gasteiger partial charge in [-0.15, -0.1) is 10.2 Å². The van der Waals surface area contributed by atoms with Crippen LogP contribution in [0.1, 0.15) is 11.8 Å². The highest BCUT2D eigenvalue weighted by Gasteiger charge is 2.06. The third-order valence-electron chi connectivity index (χ3n) is 2.90. The number of aromatic nitrogens is 2. The van der Waals surface area contributed by atoms with E-state index in [4.69, 9.17) is 9.15 Å². The van der Waals surface area contributed by atoms with Crippen LogP contribution in [0.3, 0.4) is 0 Å². The molecule has 0 radical (unpaired) electrons. The molecule has 1 N–H and O–H groups in total. The first-order chi connectivity index (χ1) is 10.8. The molecule has 3 aromatic rings. The van der Waals surface area contributed by atoms with Gasteiger partial charge in [-0.25, -0.2) is 4.39 Å². The highest BCUT2D eigenvalue weighted by Crippen LogP contribution is 2.12. The van der Waals surface area contributed by atoms with Gasteiger partial charge in [-0.2, -0.15) is 0 Å². The monoisotopic (exact) mass is 299 g/mol. The second kappa shape index (κ2) is 6.71. The molecule has 6 heteroatoms. The molecular formula is C16H14FN3O2. The first-order valence-corrected chi connectivity index (χ1v) is 6.78. The van der Waals surface area contributed by atoms with Crippen molar-refractivity contribution in [1.82, 2.24) is 10.2 Å². The lowest BCUT2D eigenvalue weighted by Crippen LogP contribution is -1.99. The molecule has 2 aromatic carbocycles. The predicted octanol–water partition coefficient (Wildman–Crippen LogP) is 3.40. The predicted molar refractivity (Wildman–Crippen MR) is 78.8 cm³/mol. The minimum absolute atomic E-state index is 0.216. The van der Waals surface area contributed by atoms with Crippen LogP contribution in [0.25, 0.3) is 0 Å². The Labute approximate surface area is 126 Å². The van der Waals surface area contributed by atoms with E-state index >= 15 is 0 Å². The number of halogens is 1. The van der Waals surface area contributed by atoms with E-state index in [1.54, 1.807) is 12.1 Å². The number of nitrogens with one attached hydrogen (secondary N) is 1. The van der Waals surface area contributed by atoms with Crippen LogP contribution >= 0.6 is 0 Å². The van der Waals surface area contributed by atoms with Crippen LogP contribution in [0.15, 0.2) is 59.0 Å². The van der Waals surface area contributed by atoms with Gasteiger partial charge in [0.05, 0.1) is 6.54 Å². The topological polar surface area (TPSA) is 60.2 Å². The third kappa shape index (κ3) is 3.82. The van der Waals surface area contributed by atoms with E-state index in [1.807, 2.05) is 30.3 Å². The fourth-order valence-corrected chi connectivity index (χ4v) is 1.83. The van der Waals surface area contributed by atoms with Gasteiger partial charge < -0.3 is 14.5 Å². The molecule has 3 rings (SSSR count). The van der Waals surface area contributed by atoms with Crippen molar-refractivity contribution in [2.75, 3.05) is 5.32 Å². The molecule has 112 valence electrons. The number of nitrogens with zero attached hydrogens (tertiary/aromatic N) is 2. The minimum atomic E-state index is -0.274. The van der Waals surface area contributed by atoms with Gasteiger partial charge >= 0.3 is 0 Å². The van der Waals surface area contributed by atoms with Crippen LogP contribution in [0.2, 0.25) is 0 Å². The maximum absolute atomic E-state index is 12.8. The van der Waals surface area contributed by atoms with E-state index in [1.165, 1.54) is 12.1 Å². The van der Waals surface area contributed by atoms with Gasteiger partial charge in [0.2, 0.25) is 5.89 Å². The molecule has 0 saturated heterocycles. The smallest absolute Gasteiger partial charge is 0.253 e. The van der Waals surface area contributed by atoms with Gasteiger partial charge in [0.15, 0.2) is 6.61 Å². The number of ether oxygens (including phenoxy) is 1. The summed E-state index contributed by atoms with van der Waals surface area (Å²) in [6.07, 6.45) is 0. The van der Waals surface area contributed by atoms with Crippen LogP contribution in [0.5, 0.6) is 5.75 Å². The summed E-state index contributed by atoms with van der Waals surface area (Å²) in [4.78, 5) is 0. The second-order valence-corrected chi connectivity index (χ2v) is 4.55. The summed E-state index contributed by atoms with van der Waals surface area (Å²) < 4.78 is 23.8. The first-order valence-electron chi connectivity index (χ1n) is 6.78. The fraction of sp³-hybridized carbons (Fsp3) is 0.125. The van der Waals surface area contributed by atoms with E-state index < -0.39 is 0 Å². The normalized spacial score (nSPS) is 10.4. The Morgan fingerprint density at radius 1 is 0.955 bits per heavy atom. The van der Waals surface area contributed by atoms with Gasteiger partial charge in [0, 0.05) is 5.69 Å². The molecular weight excluding hydrogens is 285 g/mol. The Morgan fingerprint density at radius 2 is 1.68 bits per heavy atom. The number of anilines is 1. The maximum atomic E-state index is 12.8. The quantitative estimate of drug-likeness (QED) is 0.756. The average Bonchev–Trinajstić information content (AvgIpc) is 3.01. The van der Waals surface area contributed by atoms with Gasteiger partial charge in [0.1, 0.15) is 11.6 Å². The van der Waals surface area contributed by atoms with Crippen molar-refractivity contribution in [2.45, 2.75) is 13.2 Å². The summed E-state index contributed by atoms with van der Waals surface area (Å²) >= 11 is 0. The van der Waals surface area contributed by atoms with Crippen molar-refractivity contribution in [2.24, 2.45) is 0 Å². The number of hydrogen-bond donors (Lipinski definition) is 1. The van der Waals surface area contributed by atoms with Crippen LogP contribution in [0.4, 0.5) is 10.1 Å². The summed E-state index contributed by atoms with van der Waals surface area (Å²) in [5.41, 5.74) is 0.779. The Kier molecular flexibility index (Phi) is 4.29. The van der Waals surface area contributed by atoms with Gasteiger partial charge in [-0.05, 0) is 36.4 Å². The van der Waals surface area contributed by atoms with Crippen molar-refractivity contribution in [3.8, 4) is 5.75 Å². The largest absolute Gasteiger partial charge is 0.484 e. The van der Waals surface area contributed by atoms with E-state index in [2.05, 4.69) is 15.5 Å². The number of benzene rings is 2. The highest BCUT2D eigenvalue weighted by atomic mass is 19.1. The third-order valence-corrected chi connectivity index (χ3v) is 2.90. The van der Waals surface area contributed by atoms with Gasteiger partial charge in [-0.1, -0.05) is 18.2 Å². The molecule has 22 heavy (non-hydrogen) atoms. The Hall–Kier alpha value is -2.89. The van der Waals surface area contributed by atoms with Crippen LogP contribution in [-0.2, 0) is 13.2 Å². The standard InChI is InChI=1S/C16H14FN3O2/c17-12-6-8-13(9-7-12)18-10-15-19-20-16(22-15)11-21-14-4-2-1-3-5-14/h1-9,18H,10-11H2. The van der Waals surface area contributed by atoms with Gasteiger partial charge in [-0.3, -0.25) is 0 Å². The van der Waals surface area contributed by atoms with E-state index in [0.29, 0.717) is 18.3 Å². The summed E-state index contributed by atoms with van der Waals surface area (Å²) in [6, 6.07) is 15.5. The average molecular weight is 299 g/mol. The van der Waals surface area contributed by atoms with Crippen LogP contribution < -0.4 is 10.1 Å². The molecule has 0 fully saturated rings. The Balaban J connectivity index is 1.51. The lowest BCUT2D eigenvalue weighted by Gasteiger charge is -2.03. The number of hydrogen-bond acceptors (Lipinski definition) is 5. The summed E-state index contributed by atoms with van der Waals surface area (Å²) in [5, 5.41) is 10.9. The second-order valence-electron chi connectivity index (χ2n) is 4.55. The summed E-state index contributed by atoms with van der Waals surface area (Å²) in [5.74, 6) is 1.31. The molecule has 0 aliphatic carbocycles. The van der Waals surface area contributed by atoms with Crippen molar-refractivity contribution < 1.29 is 13.5 Å². The summed E-state index contributed by atoms with van der Waals surface area (Å²) in [6.45, 7) is 0.581. The molecule has 0 atom stereocenters. The molecule has 1 aromatic heterocycles. The molecule has 0 unspecified atom stereocenters. The maximum Gasteiger partial charge on any atom is 0.253 e. The molecule has 0 bridgehead atoms. The zero-order valence-corrected chi connectivity index (χ0v) is 11.7. The molecule has 0 amide bonds. The number of para-hydroxylation sites is 1. The van der Waals surface area contributed by atoms with Crippen molar-refractivity contribution in [3.63, 3.8) is 0 Å². The Bertz CT molecular complexity index is 714. The number of rotatable bonds is 6. The summed E-state index contributed by atoms with van der Waals surface area (Å²) in [7, 11) is 0. The SMILES string of the molecule is Fc1ccc(NCc2nnc(COc3ccccc3)o2)cc1. The van der Waals surface area contributed by atoms with Crippen molar-refractivity contribution in [1.29, 1.82) is 0 Å². The highest BCUT2D eigenvalue weighted by molar-refractivity contribution is 5.42. The van der Waals surface area contributed by atoms with Crippen molar-refractivity contribution >= 4 is 5.69 Å². The molecule has 0 aliphatic rings. The Morgan fingerprint density at radius 3 is 2.45 bits per heavy atom. The van der Waals surface area contributed by atoms with E-state index in [9.17, 15) is 4.39 Å². The van der Waals surface area contributed by atoms with E-state index in [-0.39, 0.29) is 12.4 Å². The molecule has 0 spiro atoms. The zero-order chi connectivity index (χ0) is 15.2. The van der Waals surface area contributed by atoms with Crippen molar-refractivity contribution in [3.05, 3.63) is 72.2 Å². The minimum Gasteiger partial charge on any atom is -0.484 e. The fourth-order valence-electron chi connectivity index (χ4n) is 1.83.